The maximum absolute atomic E-state index is 13.8. The third kappa shape index (κ3) is 4.72. The molecular formula is C22H20F3N5O3. The van der Waals surface area contributed by atoms with Gasteiger partial charge in [0, 0.05) is 0 Å². The zero-order valence-electron chi connectivity index (χ0n) is 17.5. The monoisotopic (exact) mass is 459 g/mol. The Morgan fingerprint density at radius 2 is 1.85 bits per heavy atom. The number of alkyl halides is 3. The van der Waals surface area contributed by atoms with Gasteiger partial charge < -0.3 is 10.3 Å². The van der Waals surface area contributed by atoms with Crippen LogP contribution in [-0.4, -0.2) is 52.5 Å². The molecular weight excluding hydrogens is 439 g/mol. The van der Waals surface area contributed by atoms with Crippen molar-refractivity contribution in [3.05, 3.63) is 64.7 Å². The molecule has 0 radical (unpaired) electrons. The molecule has 1 aliphatic rings. The summed E-state index contributed by atoms with van der Waals surface area (Å²) < 4.78 is 41.5. The molecule has 0 bridgehead atoms. The van der Waals surface area contributed by atoms with E-state index in [1.54, 1.807) is 30.3 Å². The number of likely N-dealkylation sites (N-methyl/N-ethyl adjacent to an activating group) is 1. The number of anilines is 2. The molecule has 1 atom stereocenters. The number of H-pyrrole nitrogens is 1. The Kier molecular flexibility index (Phi) is 5.90. The number of nitrogens with zero attached hydrogens (tertiary/aromatic N) is 3. The van der Waals surface area contributed by atoms with E-state index in [0.717, 1.165) is 0 Å². The third-order valence-corrected chi connectivity index (χ3v) is 5.26. The van der Waals surface area contributed by atoms with Crippen molar-refractivity contribution < 1.29 is 22.8 Å². The van der Waals surface area contributed by atoms with Crippen molar-refractivity contribution in [1.82, 2.24) is 14.9 Å². The van der Waals surface area contributed by atoms with E-state index in [4.69, 9.17) is 0 Å². The van der Waals surface area contributed by atoms with Gasteiger partial charge in [-0.15, -0.1) is 0 Å². The predicted octanol–water partition coefficient (Wildman–Crippen LogP) is 2.66. The quantitative estimate of drug-likeness (QED) is 0.625. The van der Waals surface area contributed by atoms with Gasteiger partial charge in [-0.3, -0.25) is 24.2 Å². The van der Waals surface area contributed by atoms with Crippen molar-refractivity contribution in [1.29, 1.82) is 0 Å². The summed E-state index contributed by atoms with van der Waals surface area (Å²) in [4.78, 5) is 46.5. The highest BCUT2D eigenvalue weighted by Gasteiger charge is 2.49. The third-order valence-electron chi connectivity index (χ3n) is 5.26. The number of fused-ring (bicyclic) bond motifs is 2. The summed E-state index contributed by atoms with van der Waals surface area (Å²) in [6.07, 6.45) is -5.72. The lowest BCUT2D eigenvalue weighted by Gasteiger charge is -2.32. The molecule has 4 rings (SSSR count). The molecule has 2 aromatic carbocycles. The van der Waals surface area contributed by atoms with E-state index >= 15 is 0 Å². The summed E-state index contributed by atoms with van der Waals surface area (Å²) in [5.41, 5.74) is 0.227. The Balaban J connectivity index is 1.60. The van der Waals surface area contributed by atoms with E-state index < -0.39 is 37.0 Å². The van der Waals surface area contributed by atoms with Gasteiger partial charge in [0.05, 0.1) is 41.8 Å². The first-order chi connectivity index (χ1) is 15.6. The number of hydrogen-bond donors (Lipinski definition) is 2. The molecule has 0 fully saturated rings. The molecule has 11 heteroatoms. The van der Waals surface area contributed by atoms with Crippen LogP contribution in [0, 0.1) is 0 Å². The standard InChI is InChI=1S/C22H20F3N5O3/c1-29(11-18-26-14-7-3-2-6-13(14)21(33)28-18)12-20(32)30-16-9-5-4-8-15(16)27-19(31)10-17(30)22(23,24)25/h2-9,17H,10-12H2,1H3,(H,27,31)(H,26,28,33). The van der Waals surface area contributed by atoms with Crippen LogP contribution in [0.3, 0.4) is 0 Å². The van der Waals surface area contributed by atoms with Crippen LogP contribution in [0.15, 0.2) is 53.3 Å². The highest BCUT2D eigenvalue weighted by molar-refractivity contribution is 6.05. The molecule has 1 aliphatic heterocycles. The lowest BCUT2D eigenvalue weighted by Crippen LogP contribution is -2.52. The van der Waals surface area contributed by atoms with Crippen LogP contribution in [0.2, 0.25) is 0 Å². The van der Waals surface area contributed by atoms with Crippen LogP contribution < -0.4 is 15.8 Å². The Bertz CT molecular complexity index is 1270. The number of para-hydroxylation sites is 3. The first-order valence-corrected chi connectivity index (χ1v) is 10.1. The first kappa shape index (κ1) is 22.5. The Morgan fingerprint density at radius 1 is 1.15 bits per heavy atom. The van der Waals surface area contributed by atoms with Crippen molar-refractivity contribution >= 4 is 34.1 Å². The number of rotatable bonds is 4. The molecule has 8 nitrogen and oxygen atoms in total. The molecule has 2 heterocycles. The van der Waals surface area contributed by atoms with Crippen LogP contribution >= 0.6 is 0 Å². The molecule has 0 spiro atoms. The molecule has 3 aromatic rings. The van der Waals surface area contributed by atoms with E-state index in [9.17, 15) is 27.6 Å². The smallest absolute Gasteiger partial charge is 0.324 e. The maximum atomic E-state index is 13.8. The lowest BCUT2D eigenvalue weighted by molar-refractivity contribution is -0.158. The minimum atomic E-state index is -4.81. The molecule has 0 saturated carbocycles. The summed E-state index contributed by atoms with van der Waals surface area (Å²) in [6.45, 7) is -0.374. The van der Waals surface area contributed by atoms with Gasteiger partial charge in [-0.2, -0.15) is 13.2 Å². The van der Waals surface area contributed by atoms with E-state index in [1.165, 1.54) is 30.1 Å². The number of halogens is 3. The largest absolute Gasteiger partial charge is 0.409 e. The first-order valence-electron chi connectivity index (χ1n) is 10.1. The molecule has 33 heavy (non-hydrogen) atoms. The predicted molar refractivity (Wildman–Crippen MR) is 116 cm³/mol. The Morgan fingerprint density at radius 3 is 2.61 bits per heavy atom. The molecule has 0 saturated heterocycles. The van der Waals surface area contributed by atoms with Gasteiger partial charge in [0.25, 0.3) is 5.56 Å². The van der Waals surface area contributed by atoms with E-state index in [1.807, 2.05) is 0 Å². The van der Waals surface area contributed by atoms with E-state index in [2.05, 4.69) is 15.3 Å². The second kappa shape index (κ2) is 8.66. The number of aromatic nitrogens is 2. The van der Waals surface area contributed by atoms with E-state index in [-0.39, 0.29) is 29.3 Å². The lowest BCUT2D eigenvalue weighted by atomic mass is 10.1. The summed E-state index contributed by atoms with van der Waals surface area (Å²) in [6, 6.07) is 10.3. The van der Waals surface area contributed by atoms with Crippen LogP contribution in [0.25, 0.3) is 10.9 Å². The number of carbonyl (C=O) groups excluding carboxylic acids is 2. The van der Waals surface area contributed by atoms with Gasteiger partial charge in [0.15, 0.2) is 0 Å². The van der Waals surface area contributed by atoms with Gasteiger partial charge in [-0.05, 0) is 31.3 Å². The highest BCUT2D eigenvalue weighted by atomic mass is 19.4. The minimum Gasteiger partial charge on any atom is -0.324 e. The number of benzene rings is 2. The molecule has 0 aliphatic carbocycles. The minimum absolute atomic E-state index is 0.0230. The average Bonchev–Trinajstić information content (AvgIpc) is 2.89. The van der Waals surface area contributed by atoms with Crippen LogP contribution in [-0.2, 0) is 16.1 Å². The Labute approximate surface area is 186 Å². The number of aromatic amines is 1. The van der Waals surface area contributed by atoms with Gasteiger partial charge in [0.1, 0.15) is 11.9 Å². The fraction of sp³-hybridized carbons (Fsp3) is 0.273. The van der Waals surface area contributed by atoms with Crippen molar-refractivity contribution in [3.8, 4) is 0 Å². The van der Waals surface area contributed by atoms with Crippen LogP contribution in [0.5, 0.6) is 0 Å². The topological polar surface area (TPSA) is 98.4 Å². The Hall–Kier alpha value is -3.73. The average molecular weight is 459 g/mol. The number of carbonyl (C=O) groups is 2. The van der Waals surface area contributed by atoms with Crippen molar-refractivity contribution in [2.75, 3.05) is 23.8 Å². The van der Waals surface area contributed by atoms with Crippen molar-refractivity contribution in [2.24, 2.45) is 0 Å². The number of amides is 2. The van der Waals surface area contributed by atoms with Gasteiger partial charge in [-0.25, -0.2) is 4.98 Å². The zero-order chi connectivity index (χ0) is 23.8. The zero-order valence-corrected chi connectivity index (χ0v) is 17.5. The summed E-state index contributed by atoms with van der Waals surface area (Å²) in [5.74, 6) is -1.40. The van der Waals surface area contributed by atoms with E-state index in [0.29, 0.717) is 15.8 Å². The molecule has 2 amide bonds. The summed E-state index contributed by atoms with van der Waals surface area (Å²) >= 11 is 0. The molecule has 1 unspecified atom stereocenters. The fourth-order valence-corrected chi connectivity index (χ4v) is 3.82. The van der Waals surface area contributed by atoms with Gasteiger partial charge in [-0.1, -0.05) is 24.3 Å². The SMILES string of the molecule is CN(CC(=O)N1c2ccccc2NC(=O)CC1C(F)(F)F)Cc1nc2ccccc2c(=O)[nH]1. The second-order valence-corrected chi connectivity index (χ2v) is 7.79. The van der Waals surface area contributed by atoms with Crippen LogP contribution in [0.4, 0.5) is 24.5 Å². The van der Waals surface area contributed by atoms with Gasteiger partial charge in [0.2, 0.25) is 11.8 Å². The summed E-state index contributed by atoms with van der Waals surface area (Å²) in [5, 5.41) is 2.84. The van der Waals surface area contributed by atoms with Gasteiger partial charge >= 0.3 is 6.18 Å². The normalized spacial score (nSPS) is 16.5. The number of hydrogen-bond acceptors (Lipinski definition) is 5. The summed E-state index contributed by atoms with van der Waals surface area (Å²) in [7, 11) is 1.53. The highest BCUT2D eigenvalue weighted by Crippen LogP contribution is 2.37. The fourth-order valence-electron chi connectivity index (χ4n) is 3.82. The molecule has 172 valence electrons. The number of nitrogens with one attached hydrogen (secondary N) is 2. The van der Waals surface area contributed by atoms with Crippen molar-refractivity contribution in [3.63, 3.8) is 0 Å². The second-order valence-electron chi connectivity index (χ2n) is 7.79. The molecule has 2 N–H and O–H groups in total. The molecule has 1 aromatic heterocycles. The van der Waals surface area contributed by atoms with Crippen LogP contribution in [0.1, 0.15) is 12.2 Å². The van der Waals surface area contributed by atoms with Crippen molar-refractivity contribution in [2.45, 2.75) is 25.2 Å². The maximum Gasteiger partial charge on any atom is 0.409 e.